The van der Waals surface area contributed by atoms with Crippen molar-refractivity contribution in [1.82, 2.24) is 15.5 Å². The molecule has 0 aromatic heterocycles. The molecule has 2 atom stereocenters. The Morgan fingerprint density at radius 2 is 1.33 bits per heavy atom. The molecule has 0 aliphatic carbocycles. The van der Waals surface area contributed by atoms with Gasteiger partial charge in [0, 0.05) is 13.5 Å². The molecule has 0 saturated carbocycles. The number of carbonyl (C=O) groups excluding carboxylic acids is 4. The Morgan fingerprint density at radius 3 is 1.84 bits per heavy atom. The molecule has 4 rings (SSSR count). The van der Waals surface area contributed by atoms with Crippen molar-refractivity contribution in [2.24, 2.45) is 10.9 Å². The number of amides is 4. The van der Waals surface area contributed by atoms with Gasteiger partial charge in [0.15, 0.2) is 0 Å². The average molecular weight is 583 g/mol. The van der Waals surface area contributed by atoms with E-state index in [1.165, 1.54) is 11.8 Å². The number of ether oxygens (including phenoxy) is 2. The van der Waals surface area contributed by atoms with Crippen LogP contribution in [0.25, 0.3) is 6.08 Å². The van der Waals surface area contributed by atoms with E-state index in [-0.39, 0.29) is 49.5 Å². The van der Waals surface area contributed by atoms with Crippen LogP contribution in [0.15, 0.2) is 102 Å². The zero-order valence-electron chi connectivity index (χ0n) is 23.8. The first-order valence-corrected chi connectivity index (χ1v) is 14.0. The van der Waals surface area contributed by atoms with Gasteiger partial charge in [0.2, 0.25) is 17.8 Å². The Bertz CT molecular complexity index is 1380. The first-order chi connectivity index (χ1) is 20.9. The van der Waals surface area contributed by atoms with E-state index in [2.05, 4.69) is 15.6 Å². The van der Waals surface area contributed by atoms with E-state index in [9.17, 15) is 19.2 Å². The summed E-state index contributed by atoms with van der Waals surface area (Å²) < 4.78 is 10.5. The predicted molar refractivity (Wildman–Crippen MR) is 161 cm³/mol. The van der Waals surface area contributed by atoms with Crippen molar-refractivity contribution in [3.63, 3.8) is 0 Å². The van der Waals surface area contributed by atoms with Crippen molar-refractivity contribution < 1.29 is 28.7 Å². The Kier molecular flexibility index (Phi) is 11.2. The number of alkyl carbamates (subject to hydrolysis) is 2. The highest BCUT2D eigenvalue weighted by atomic mass is 16.6. The standard InChI is InChI=1S/C33H34N4O6/c1-24(38)37-29(20-19-25-12-5-2-6-13-25)28(30(37)39)18-11-21-34-31(35-32(40)42-22-26-14-7-3-8-15-26)36-33(41)43-23-27-16-9-4-10-17-27/h2-10,12-17,19-20,28-29H,11,18,21-23H2,1H3,(H2,34,35,36,40,41)/t28-,29-/m1/s1. The number of likely N-dealkylation sites (tertiary alicyclic amines) is 1. The van der Waals surface area contributed by atoms with E-state index in [0.717, 1.165) is 16.7 Å². The Morgan fingerprint density at radius 1 is 0.814 bits per heavy atom. The summed E-state index contributed by atoms with van der Waals surface area (Å²) in [6, 6.07) is 27.6. The minimum absolute atomic E-state index is 0.0345. The molecule has 3 aromatic rings. The molecule has 10 heteroatoms. The molecule has 0 bridgehead atoms. The Balaban J connectivity index is 1.35. The van der Waals surface area contributed by atoms with E-state index >= 15 is 0 Å². The lowest BCUT2D eigenvalue weighted by molar-refractivity contribution is -0.162. The van der Waals surface area contributed by atoms with Crippen molar-refractivity contribution in [2.45, 2.75) is 39.0 Å². The quantitative estimate of drug-likeness (QED) is 0.149. The fourth-order valence-electron chi connectivity index (χ4n) is 4.55. The van der Waals surface area contributed by atoms with Gasteiger partial charge in [-0.15, -0.1) is 0 Å². The third-order valence-corrected chi connectivity index (χ3v) is 6.70. The number of hydrogen-bond donors (Lipinski definition) is 2. The lowest BCUT2D eigenvalue weighted by Gasteiger charge is -2.44. The summed E-state index contributed by atoms with van der Waals surface area (Å²) in [5, 5.41) is 4.91. The number of rotatable bonds is 10. The molecule has 0 radical (unpaired) electrons. The van der Waals surface area contributed by atoms with Gasteiger partial charge in [-0.3, -0.25) is 30.1 Å². The summed E-state index contributed by atoms with van der Waals surface area (Å²) in [7, 11) is 0. The third-order valence-electron chi connectivity index (χ3n) is 6.70. The molecule has 222 valence electrons. The van der Waals surface area contributed by atoms with Gasteiger partial charge >= 0.3 is 12.2 Å². The fraction of sp³-hybridized carbons (Fsp3) is 0.242. The van der Waals surface area contributed by atoms with Crippen LogP contribution in [0.5, 0.6) is 0 Å². The molecule has 1 aliphatic heterocycles. The lowest BCUT2D eigenvalue weighted by Crippen LogP contribution is -2.61. The second-order valence-corrected chi connectivity index (χ2v) is 9.84. The molecule has 0 unspecified atom stereocenters. The summed E-state index contributed by atoms with van der Waals surface area (Å²) in [5.74, 6) is -1.05. The van der Waals surface area contributed by atoms with Crippen molar-refractivity contribution in [3.8, 4) is 0 Å². The minimum Gasteiger partial charge on any atom is -0.444 e. The summed E-state index contributed by atoms with van der Waals surface area (Å²) in [6.07, 6.45) is 3.08. The molecule has 43 heavy (non-hydrogen) atoms. The predicted octanol–water partition coefficient (Wildman–Crippen LogP) is 5.06. The molecule has 4 amide bonds. The zero-order valence-corrected chi connectivity index (χ0v) is 23.8. The topological polar surface area (TPSA) is 126 Å². The van der Waals surface area contributed by atoms with Crippen LogP contribution in [0, 0.1) is 5.92 Å². The number of nitrogens with zero attached hydrogens (tertiary/aromatic N) is 2. The van der Waals surface area contributed by atoms with Crippen LogP contribution in [0.3, 0.4) is 0 Å². The minimum atomic E-state index is -0.802. The van der Waals surface area contributed by atoms with Crippen molar-refractivity contribution in [1.29, 1.82) is 0 Å². The van der Waals surface area contributed by atoms with Gasteiger partial charge < -0.3 is 9.47 Å². The molecular weight excluding hydrogens is 548 g/mol. The van der Waals surface area contributed by atoms with E-state index in [0.29, 0.717) is 12.8 Å². The van der Waals surface area contributed by atoms with Crippen LogP contribution in [0.2, 0.25) is 0 Å². The molecule has 1 heterocycles. The smallest absolute Gasteiger partial charge is 0.414 e. The van der Waals surface area contributed by atoms with Gasteiger partial charge in [-0.2, -0.15) is 0 Å². The molecule has 1 fully saturated rings. The summed E-state index contributed by atoms with van der Waals surface area (Å²) in [4.78, 5) is 55.3. The fourth-order valence-corrected chi connectivity index (χ4v) is 4.55. The molecule has 0 spiro atoms. The Labute approximate surface area is 250 Å². The van der Waals surface area contributed by atoms with E-state index in [1.807, 2.05) is 103 Å². The molecular formula is C33H34N4O6. The van der Waals surface area contributed by atoms with E-state index in [4.69, 9.17) is 9.47 Å². The molecule has 10 nitrogen and oxygen atoms in total. The molecule has 3 aromatic carbocycles. The van der Waals surface area contributed by atoms with Crippen LogP contribution in [-0.2, 0) is 32.3 Å². The number of aliphatic imine (C=N–C) groups is 1. The summed E-state index contributed by atoms with van der Waals surface area (Å²) in [5.41, 5.74) is 2.56. The van der Waals surface area contributed by atoms with Gasteiger partial charge in [0.25, 0.3) is 0 Å². The Hall–Kier alpha value is -5.25. The van der Waals surface area contributed by atoms with Gasteiger partial charge in [-0.1, -0.05) is 103 Å². The highest BCUT2D eigenvalue weighted by molar-refractivity contribution is 6.02. The zero-order chi connectivity index (χ0) is 30.4. The number of β-lactam (4-membered cyclic amide) rings is 1. The lowest BCUT2D eigenvalue weighted by atomic mass is 9.83. The van der Waals surface area contributed by atoms with Gasteiger partial charge in [-0.05, 0) is 29.5 Å². The maximum absolute atomic E-state index is 12.7. The van der Waals surface area contributed by atoms with Crippen molar-refractivity contribution in [3.05, 3.63) is 114 Å². The number of carbonyl (C=O) groups is 4. The molecule has 2 N–H and O–H groups in total. The number of imide groups is 1. The number of guanidine groups is 1. The molecule has 1 saturated heterocycles. The molecule has 1 aliphatic rings. The van der Waals surface area contributed by atoms with Crippen LogP contribution in [0.1, 0.15) is 36.5 Å². The normalized spacial score (nSPS) is 15.7. The second kappa shape index (κ2) is 15.7. The van der Waals surface area contributed by atoms with Gasteiger partial charge in [0.05, 0.1) is 12.0 Å². The van der Waals surface area contributed by atoms with Crippen LogP contribution < -0.4 is 10.6 Å². The maximum atomic E-state index is 12.7. The summed E-state index contributed by atoms with van der Waals surface area (Å²) >= 11 is 0. The largest absolute Gasteiger partial charge is 0.444 e. The maximum Gasteiger partial charge on any atom is 0.414 e. The van der Waals surface area contributed by atoms with Crippen molar-refractivity contribution >= 4 is 36.0 Å². The van der Waals surface area contributed by atoms with E-state index < -0.39 is 12.2 Å². The number of hydrogen-bond acceptors (Lipinski definition) is 7. The van der Waals surface area contributed by atoms with Crippen molar-refractivity contribution in [2.75, 3.05) is 6.54 Å². The van der Waals surface area contributed by atoms with E-state index in [1.54, 1.807) is 0 Å². The summed E-state index contributed by atoms with van der Waals surface area (Å²) in [6.45, 7) is 1.63. The highest BCUT2D eigenvalue weighted by Crippen LogP contribution is 2.32. The third kappa shape index (κ3) is 9.39. The van der Waals surface area contributed by atoms with Crippen LogP contribution in [-0.4, -0.2) is 47.4 Å². The second-order valence-electron chi connectivity index (χ2n) is 9.84. The van der Waals surface area contributed by atoms with Crippen LogP contribution >= 0.6 is 0 Å². The SMILES string of the molecule is CC(=O)N1C(=O)[C@H](CCCN=C(NC(=O)OCc2ccccc2)NC(=O)OCc2ccccc2)[C@H]1C=Cc1ccccc1. The van der Waals surface area contributed by atoms with Gasteiger partial charge in [0.1, 0.15) is 13.2 Å². The number of nitrogens with one attached hydrogen (secondary N) is 2. The highest BCUT2D eigenvalue weighted by Gasteiger charge is 2.47. The van der Waals surface area contributed by atoms with Gasteiger partial charge in [-0.25, -0.2) is 9.59 Å². The monoisotopic (exact) mass is 582 g/mol. The first kappa shape index (κ1) is 30.7. The van der Waals surface area contributed by atoms with Crippen LogP contribution in [0.4, 0.5) is 9.59 Å². The number of benzene rings is 3. The average Bonchev–Trinajstić information content (AvgIpc) is 3.02. The first-order valence-electron chi connectivity index (χ1n) is 14.0.